The molecule has 1 atom stereocenters. The number of anilines is 1. The monoisotopic (exact) mass is 640 g/mol. The highest BCUT2D eigenvalue weighted by Crippen LogP contribution is 2.20. The SMILES string of the molecule is Cn1c(=O)oc(=O)c2ccc(OCC(=O)N3CCC[C@H]3C(=O)NCCOCCOCCNCc3c[nH]c4nc(N)[nH]c(=O)c34)cc21. The Bertz CT molecular complexity index is 1880. The van der Waals surface area contributed by atoms with Crippen molar-refractivity contribution in [3.63, 3.8) is 0 Å². The van der Waals surface area contributed by atoms with Gasteiger partial charge in [0.2, 0.25) is 11.9 Å². The first kappa shape index (κ1) is 32.4. The standard InChI is InChI=1S/C29H36N8O9/c1-36-21-13-18(4-5-19(21)27(41)46-29(36)42)45-16-22(38)37-8-2-3-20(37)25(39)32-7-10-44-12-11-43-9-6-31-14-17-15-33-24-23(17)26(40)35-28(30)34-24/h4-5,13,15,20,31H,2-3,6-12,14,16H2,1H3,(H,32,39)(H4,30,33,34,35,40)/t20-/m0/s1. The second kappa shape index (κ2) is 14.9. The van der Waals surface area contributed by atoms with Crippen LogP contribution in [-0.4, -0.2) is 94.9 Å². The van der Waals surface area contributed by atoms with Gasteiger partial charge >= 0.3 is 11.4 Å². The molecule has 2 amide bonds. The van der Waals surface area contributed by atoms with Crippen LogP contribution in [0.25, 0.3) is 21.9 Å². The van der Waals surface area contributed by atoms with Gasteiger partial charge in [0.15, 0.2) is 6.61 Å². The van der Waals surface area contributed by atoms with E-state index in [1.165, 1.54) is 34.7 Å². The highest BCUT2D eigenvalue weighted by atomic mass is 16.5. The fourth-order valence-corrected chi connectivity index (χ4v) is 5.23. The molecule has 4 aromatic rings. The second-order valence-corrected chi connectivity index (χ2v) is 10.6. The van der Waals surface area contributed by atoms with Gasteiger partial charge in [0.25, 0.3) is 11.5 Å². The number of nitrogens with two attached hydrogens (primary N) is 1. The van der Waals surface area contributed by atoms with E-state index < -0.39 is 17.4 Å². The zero-order valence-corrected chi connectivity index (χ0v) is 25.3. The van der Waals surface area contributed by atoms with E-state index in [1.807, 2.05) is 0 Å². The highest BCUT2D eigenvalue weighted by molar-refractivity contribution is 5.89. The Hall–Kier alpha value is -5.00. The summed E-state index contributed by atoms with van der Waals surface area (Å²) in [6.07, 6.45) is 2.94. The van der Waals surface area contributed by atoms with Crippen molar-refractivity contribution in [2.24, 2.45) is 7.05 Å². The molecule has 46 heavy (non-hydrogen) atoms. The summed E-state index contributed by atoms with van der Waals surface area (Å²) >= 11 is 0. The maximum Gasteiger partial charge on any atom is 0.422 e. The number of hydrogen-bond acceptors (Lipinski definition) is 12. The van der Waals surface area contributed by atoms with Crippen LogP contribution in [0.4, 0.5) is 5.95 Å². The Morgan fingerprint density at radius 3 is 2.72 bits per heavy atom. The van der Waals surface area contributed by atoms with Crippen LogP contribution in [-0.2, 0) is 32.7 Å². The molecule has 1 aliphatic heterocycles. The number of nitrogens with one attached hydrogen (secondary N) is 4. The number of rotatable bonds is 15. The second-order valence-electron chi connectivity index (χ2n) is 10.6. The summed E-state index contributed by atoms with van der Waals surface area (Å²) in [5.74, 6) is -1.06. The number of benzene rings is 1. The normalized spacial score (nSPS) is 14.7. The lowest BCUT2D eigenvalue weighted by Crippen LogP contribution is -2.48. The van der Waals surface area contributed by atoms with Crippen molar-refractivity contribution >= 4 is 39.7 Å². The third kappa shape index (κ3) is 7.61. The third-order valence-electron chi connectivity index (χ3n) is 7.54. The summed E-state index contributed by atoms with van der Waals surface area (Å²) in [7, 11) is 1.46. The van der Waals surface area contributed by atoms with Crippen LogP contribution in [0.3, 0.4) is 0 Å². The van der Waals surface area contributed by atoms with Crippen molar-refractivity contribution < 1.29 is 28.2 Å². The van der Waals surface area contributed by atoms with Gasteiger partial charge in [-0.1, -0.05) is 0 Å². The van der Waals surface area contributed by atoms with E-state index in [0.717, 1.165) is 5.56 Å². The van der Waals surface area contributed by atoms with E-state index in [1.54, 1.807) is 6.20 Å². The first-order valence-corrected chi connectivity index (χ1v) is 14.8. The van der Waals surface area contributed by atoms with E-state index in [9.17, 15) is 24.0 Å². The summed E-state index contributed by atoms with van der Waals surface area (Å²) in [4.78, 5) is 72.5. The van der Waals surface area contributed by atoms with Crippen molar-refractivity contribution in [2.75, 3.05) is 58.4 Å². The van der Waals surface area contributed by atoms with Crippen LogP contribution in [0, 0.1) is 0 Å². The first-order chi connectivity index (χ1) is 22.2. The molecule has 1 aromatic carbocycles. The minimum Gasteiger partial charge on any atom is -0.484 e. The number of amides is 2. The summed E-state index contributed by atoms with van der Waals surface area (Å²) < 4.78 is 22.5. The van der Waals surface area contributed by atoms with Gasteiger partial charge in [-0.05, 0) is 30.5 Å². The number of aromatic amines is 2. The van der Waals surface area contributed by atoms with E-state index >= 15 is 0 Å². The van der Waals surface area contributed by atoms with Gasteiger partial charge < -0.3 is 44.9 Å². The molecule has 4 heterocycles. The average molecular weight is 641 g/mol. The van der Waals surface area contributed by atoms with Crippen LogP contribution < -0.4 is 38.0 Å². The first-order valence-electron chi connectivity index (χ1n) is 14.8. The van der Waals surface area contributed by atoms with Crippen molar-refractivity contribution in [3.8, 4) is 5.75 Å². The smallest absolute Gasteiger partial charge is 0.422 e. The average Bonchev–Trinajstić information content (AvgIpc) is 3.69. The number of ether oxygens (including phenoxy) is 3. The quantitative estimate of drug-likeness (QED) is 0.0981. The molecule has 1 aliphatic rings. The molecule has 0 aliphatic carbocycles. The fraction of sp³-hybridized carbons (Fsp3) is 0.448. The zero-order chi connectivity index (χ0) is 32.6. The number of likely N-dealkylation sites (tertiary alicyclic amines) is 1. The van der Waals surface area contributed by atoms with Gasteiger partial charge in [-0.3, -0.25) is 23.9 Å². The molecule has 0 bridgehead atoms. The topological polar surface area (TPSA) is 229 Å². The van der Waals surface area contributed by atoms with E-state index in [-0.39, 0.29) is 48.5 Å². The number of H-pyrrole nitrogens is 2. The number of aromatic nitrogens is 4. The number of nitrogen functional groups attached to an aromatic ring is 1. The Morgan fingerprint density at radius 1 is 1.13 bits per heavy atom. The Morgan fingerprint density at radius 2 is 1.91 bits per heavy atom. The van der Waals surface area contributed by atoms with Gasteiger partial charge in [0.1, 0.15) is 17.4 Å². The van der Waals surface area contributed by atoms with Crippen LogP contribution in [0.5, 0.6) is 5.75 Å². The number of carbonyl (C=O) groups excluding carboxylic acids is 2. The summed E-state index contributed by atoms with van der Waals surface area (Å²) in [5, 5.41) is 6.70. The molecule has 5 rings (SSSR count). The van der Waals surface area contributed by atoms with Gasteiger partial charge in [0.05, 0.1) is 42.7 Å². The Kier molecular flexibility index (Phi) is 10.5. The maximum absolute atomic E-state index is 12.9. The van der Waals surface area contributed by atoms with Crippen LogP contribution in [0.15, 0.2) is 43.2 Å². The largest absolute Gasteiger partial charge is 0.484 e. The molecule has 0 saturated carbocycles. The van der Waals surface area contributed by atoms with Gasteiger partial charge in [-0.2, -0.15) is 4.98 Å². The molecule has 0 unspecified atom stereocenters. The molecule has 0 radical (unpaired) electrons. The molecule has 17 heteroatoms. The van der Waals surface area contributed by atoms with Crippen LogP contribution in [0.1, 0.15) is 18.4 Å². The summed E-state index contributed by atoms with van der Waals surface area (Å²) in [6.45, 7) is 2.88. The lowest BCUT2D eigenvalue weighted by molar-refractivity contribution is -0.140. The van der Waals surface area contributed by atoms with Crippen molar-refractivity contribution in [3.05, 3.63) is 61.3 Å². The summed E-state index contributed by atoms with van der Waals surface area (Å²) in [6, 6.07) is 3.86. The van der Waals surface area contributed by atoms with Crippen molar-refractivity contribution in [1.29, 1.82) is 0 Å². The van der Waals surface area contributed by atoms with Crippen LogP contribution >= 0.6 is 0 Å². The lowest BCUT2D eigenvalue weighted by Gasteiger charge is -2.24. The lowest BCUT2D eigenvalue weighted by atomic mass is 10.2. The minimum atomic E-state index is -0.802. The van der Waals surface area contributed by atoms with E-state index in [2.05, 4.69) is 30.0 Å². The molecule has 0 spiro atoms. The van der Waals surface area contributed by atoms with Gasteiger partial charge in [-0.15, -0.1) is 0 Å². The molecule has 1 fully saturated rings. The molecule has 6 N–H and O–H groups in total. The zero-order valence-electron chi connectivity index (χ0n) is 25.3. The van der Waals surface area contributed by atoms with E-state index in [4.69, 9.17) is 19.9 Å². The Balaban J connectivity index is 0.944. The molecular formula is C29H36N8O9. The van der Waals surface area contributed by atoms with Gasteiger partial charge in [-0.25, -0.2) is 9.59 Å². The van der Waals surface area contributed by atoms with E-state index in [0.29, 0.717) is 74.6 Å². The minimum absolute atomic E-state index is 0.0577. The highest BCUT2D eigenvalue weighted by Gasteiger charge is 2.34. The predicted molar refractivity (Wildman–Crippen MR) is 165 cm³/mol. The fourth-order valence-electron chi connectivity index (χ4n) is 5.23. The molecule has 1 saturated heterocycles. The predicted octanol–water partition coefficient (Wildman–Crippen LogP) is -1.05. The number of hydrogen-bond donors (Lipinski definition) is 5. The number of aryl methyl sites for hydroxylation is 1. The molecule has 3 aromatic heterocycles. The number of nitrogens with zero attached hydrogens (tertiary/aromatic N) is 3. The third-order valence-corrected chi connectivity index (χ3v) is 7.54. The van der Waals surface area contributed by atoms with Gasteiger partial charge in [0, 0.05) is 45.5 Å². The van der Waals surface area contributed by atoms with Crippen molar-refractivity contribution in [2.45, 2.75) is 25.4 Å². The van der Waals surface area contributed by atoms with Crippen LogP contribution in [0.2, 0.25) is 0 Å². The Labute approximate surface area is 261 Å². The number of fused-ring (bicyclic) bond motifs is 2. The van der Waals surface area contributed by atoms with Crippen molar-refractivity contribution in [1.82, 2.24) is 35.1 Å². The summed E-state index contributed by atoms with van der Waals surface area (Å²) in [5.41, 5.74) is 6.05. The molecule has 246 valence electrons. The maximum atomic E-state index is 12.9. The molecule has 17 nitrogen and oxygen atoms in total. The molecular weight excluding hydrogens is 604 g/mol. The number of carbonyl (C=O) groups is 2.